The molecule has 23 heavy (non-hydrogen) atoms. The predicted molar refractivity (Wildman–Crippen MR) is 95.2 cm³/mol. The minimum absolute atomic E-state index is 0.0745. The lowest BCUT2D eigenvalue weighted by Crippen LogP contribution is -2.11. The summed E-state index contributed by atoms with van der Waals surface area (Å²) in [6.07, 6.45) is 0.105. The fraction of sp³-hybridized carbons (Fsp3) is 0.412. The van der Waals surface area contributed by atoms with E-state index in [0.29, 0.717) is 0 Å². The van der Waals surface area contributed by atoms with Crippen LogP contribution in [-0.4, -0.2) is 42.1 Å². The molecule has 6 heteroatoms. The van der Waals surface area contributed by atoms with Gasteiger partial charge in [-0.2, -0.15) is 0 Å². The maximum Gasteiger partial charge on any atom is 0.303 e. The van der Waals surface area contributed by atoms with Crippen molar-refractivity contribution in [3.05, 3.63) is 34.7 Å². The number of aromatic nitrogens is 1. The van der Waals surface area contributed by atoms with E-state index in [9.17, 15) is 4.79 Å². The second-order valence-electron chi connectivity index (χ2n) is 5.88. The summed E-state index contributed by atoms with van der Waals surface area (Å²) in [6.45, 7) is 2.76. The van der Waals surface area contributed by atoms with Gasteiger partial charge in [-0.05, 0) is 19.7 Å². The van der Waals surface area contributed by atoms with Crippen LogP contribution in [0.3, 0.4) is 0 Å². The number of thiazole rings is 1. The number of hydrogen-bond acceptors (Lipinski definition) is 5. The van der Waals surface area contributed by atoms with E-state index in [-0.39, 0.29) is 12.3 Å². The summed E-state index contributed by atoms with van der Waals surface area (Å²) in [4.78, 5) is 18.9. The third-order valence-electron chi connectivity index (χ3n) is 3.55. The van der Waals surface area contributed by atoms with Gasteiger partial charge in [0, 0.05) is 30.0 Å². The summed E-state index contributed by atoms with van der Waals surface area (Å²) < 4.78 is 0. The number of carboxylic acid groups (broad SMARTS) is 1. The third kappa shape index (κ3) is 4.30. The molecule has 0 amide bonds. The van der Waals surface area contributed by atoms with Gasteiger partial charge in [0.25, 0.3) is 0 Å². The van der Waals surface area contributed by atoms with Crippen LogP contribution in [0.5, 0.6) is 0 Å². The molecule has 0 aliphatic carbocycles. The minimum atomic E-state index is -0.788. The first-order valence-corrected chi connectivity index (χ1v) is 8.37. The molecule has 1 atom stereocenters. The third-order valence-corrected chi connectivity index (χ3v) is 4.86. The van der Waals surface area contributed by atoms with Crippen LogP contribution in [0.25, 0.3) is 11.3 Å². The van der Waals surface area contributed by atoms with E-state index in [0.717, 1.165) is 27.8 Å². The van der Waals surface area contributed by atoms with Crippen molar-refractivity contribution in [2.75, 3.05) is 26.5 Å². The van der Waals surface area contributed by atoms with Gasteiger partial charge < -0.3 is 15.3 Å². The molecule has 2 aromatic rings. The zero-order valence-electron chi connectivity index (χ0n) is 14.0. The van der Waals surface area contributed by atoms with E-state index >= 15 is 0 Å². The van der Waals surface area contributed by atoms with Gasteiger partial charge in [-0.25, -0.2) is 4.98 Å². The maximum absolute atomic E-state index is 11.1. The lowest BCUT2D eigenvalue weighted by Gasteiger charge is -2.15. The Hall–Kier alpha value is -1.92. The fourth-order valence-corrected chi connectivity index (χ4v) is 3.53. The molecule has 0 aliphatic heterocycles. The summed E-state index contributed by atoms with van der Waals surface area (Å²) in [5.74, 6) is -0.862. The highest BCUT2D eigenvalue weighted by Crippen LogP contribution is 2.38. The van der Waals surface area contributed by atoms with Crippen molar-refractivity contribution in [3.8, 4) is 11.3 Å². The zero-order valence-corrected chi connectivity index (χ0v) is 14.8. The molecule has 0 radical (unpaired) electrons. The standard InChI is InChI=1S/C17H23N3O2S/c1-11(9-14(21)22)16-15(19-17(18-2)23-16)13-8-6-5-7-12(13)10-20(3)4/h5-8,11H,9-10H2,1-4H3,(H,18,19)(H,21,22). The number of rotatable bonds is 7. The molecule has 1 unspecified atom stereocenters. The number of anilines is 1. The SMILES string of the molecule is CNc1nc(-c2ccccc2CN(C)C)c(C(C)CC(=O)O)s1. The lowest BCUT2D eigenvalue weighted by molar-refractivity contribution is -0.137. The molecular weight excluding hydrogens is 310 g/mol. The molecule has 0 bridgehead atoms. The quantitative estimate of drug-likeness (QED) is 0.812. The van der Waals surface area contributed by atoms with E-state index < -0.39 is 5.97 Å². The van der Waals surface area contributed by atoms with Gasteiger partial charge in [0.1, 0.15) is 0 Å². The average molecular weight is 333 g/mol. The summed E-state index contributed by atoms with van der Waals surface area (Å²) in [5.41, 5.74) is 3.16. The molecule has 1 heterocycles. The second kappa shape index (κ2) is 7.57. The van der Waals surface area contributed by atoms with E-state index in [2.05, 4.69) is 22.3 Å². The van der Waals surface area contributed by atoms with Gasteiger partial charge in [0.2, 0.25) is 0 Å². The van der Waals surface area contributed by atoms with E-state index in [1.165, 1.54) is 16.9 Å². The Labute approximate surface area is 141 Å². The van der Waals surface area contributed by atoms with Gasteiger partial charge in [0.15, 0.2) is 5.13 Å². The van der Waals surface area contributed by atoms with Crippen molar-refractivity contribution < 1.29 is 9.90 Å². The van der Waals surface area contributed by atoms with Crippen molar-refractivity contribution in [1.82, 2.24) is 9.88 Å². The number of carbonyl (C=O) groups is 1. The zero-order chi connectivity index (χ0) is 17.0. The lowest BCUT2D eigenvalue weighted by atomic mass is 9.98. The Morgan fingerprint density at radius 3 is 2.70 bits per heavy atom. The van der Waals surface area contributed by atoms with Crippen LogP contribution in [0.2, 0.25) is 0 Å². The van der Waals surface area contributed by atoms with Crippen LogP contribution in [0, 0.1) is 0 Å². The average Bonchev–Trinajstić information content (AvgIpc) is 2.90. The number of hydrogen-bond donors (Lipinski definition) is 2. The van der Waals surface area contributed by atoms with Gasteiger partial charge in [-0.1, -0.05) is 31.2 Å². The molecule has 0 saturated heterocycles. The van der Waals surface area contributed by atoms with Gasteiger partial charge in [-0.3, -0.25) is 4.79 Å². The minimum Gasteiger partial charge on any atom is -0.481 e. The number of carboxylic acids is 1. The van der Waals surface area contributed by atoms with E-state index in [1.807, 2.05) is 40.2 Å². The Morgan fingerprint density at radius 2 is 2.09 bits per heavy atom. The van der Waals surface area contributed by atoms with Crippen molar-refractivity contribution in [2.24, 2.45) is 0 Å². The Bertz CT molecular complexity index is 682. The Kier molecular flexibility index (Phi) is 5.74. The van der Waals surface area contributed by atoms with Gasteiger partial charge >= 0.3 is 5.97 Å². The van der Waals surface area contributed by atoms with Crippen molar-refractivity contribution in [2.45, 2.75) is 25.8 Å². The summed E-state index contributed by atoms with van der Waals surface area (Å²) in [5, 5.41) is 13.0. The predicted octanol–water partition coefficient (Wildman–Crippen LogP) is 3.49. The number of nitrogens with one attached hydrogen (secondary N) is 1. The molecule has 0 saturated carbocycles. The monoisotopic (exact) mass is 333 g/mol. The van der Waals surface area contributed by atoms with Crippen molar-refractivity contribution >= 4 is 22.4 Å². The van der Waals surface area contributed by atoms with Gasteiger partial charge in [-0.15, -0.1) is 11.3 Å². The van der Waals surface area contributed by atoms with Crippen LogP contribution in [-0.2, 0) is 11.3 Å². The highest BCUT2D eigenvalue weighted by Gasteiger charge is 2.21. The molecule has 0 aliphatic rings. The number of benzene rings is 1. The normalized spacial score (nSPS) is 12.4. The number of nitrogens with zero attached hydrogens (tertiary/aromatic N) is 2. The molecule has 1 aromatic heterocycles. The first-order valence-electron chi connectivity index (χ1n) is 7.55. The Morgan fingerprint density at radius 1 is 1.39 bits per heavy atom. The van der Waals surface area contributed by atoms with Crippen LogP contribution in [0.1, 0.15) is 29.7 Å². The summed E-state index contributed by atoms with van der Waals surface area (Å²) >= 11 is 1.53. The van der Waals surface area contributed by atoms with Crippen LogP contribution < -0.4 is 5.32 Å². The van der Waals surface area contributed by atoms with E-state index in [1.54, 1.807) is 0 Å². The second-order valence-corrected chi connectivity index (χ2v) is 6.91. The van der Waals surface area contributed by atoms with E-state index in [4.69, 9.17) is 10.1 Å². The first kappa shape index (κ1) is 17.4. The maximum atomic E-state index is 11.1. The number of aliphatic carboxylic acids is 1. The Balaban J connectivity index is 2.50. The van der Waals surface area contributed by atoms with Crippen LogP contribution >= 0.6 is 11.3 Å². The summed E-state index contributed by atoms with van der Waals surface area (Å²) in [6, 6.07) is 8.18. The smallest absolute Gasteiger partial charge is 0.303 e. The highest BCUT2D eigenvalue weighted by atomic mass is 32.1. The molecule has 5 nitrogen and oxygen atoms in total. The fourth-order valence-electron chi connectivity index (χ4n) is 2.55. The molecule has 124 valence electrons. The topological polar surface area (TPSA) is 65.5 Å². The molecule has 0 spiro atoms. The molecule has 1 aromatic carbocycles. The molecule has 2 N–H and O–H groups in total. The largest absolute Gasteiger partial charge is 0.481 e. The molecular formula is C17H23N3O2S. The highest BCUT2D eigenvalue weighted by molar-refractivity contribution is 7.16. The van der Waals surface area contributed by atoms with Gasteiger partial charge in [0.05, 0.1) is 12.1 Å². The molecule has 2 rings (SSSR count). The van der Waals surface area contributed by atoms with Crippen LogP contribution in [0.4, 0.5) is 5.13 Å². The van der Waals surface area contributed by atoms with Crippen molar-refractivity contribution in [1.29, 1.82) is 0 Å². The van der Waals surface area contributed by atoms with Crippen molar-refractivity contribution in [3.63, 3.8) is 0 Å². The van der Waals surface area contributed by atoms with Crippen LogP contribution in [0.15, 0.2) is 24.3 Å². The first-order chi connectivity index (χ1) is 10.9. The summed E-state index contributed by atoms with van der Waals surface area (Å²) in [7, 11) is 5.90. The molecule has 0 fully saturated rings.